The molecule has 0 aromatic rings. The molecule has 0 aliphatic carbocycles. The van der Waals surface area contributed by atoms with Gasteiger partial charge < -0.3 is 12.3 Å². The Bertz CT molecular complexity index is 175. The Kier molecular flexibility index (Phi) is 7.50. The molecule has 0 bridgehead atoms. The first-order valence-electron chi connectivity index (χ1n) is 5.78. The molecule has 0 aromatic carbocycles. The molecular weight excluding hydrogens is 256 g/mol. The maximum Gasteiger partial charge on any atom is 0.312 e. The molecule has 0 saturated carbocycles. The maximum atomic E-state index is 6.11. The molecule has 0 amide bonds. The zero-order valence-electron chi connectivity index (χ0n) is 11.2. The van der Waals surface area contributed by atoms with E-state index in [1.807, 2.05) is 0 Å². The van der Waals surface area contributed by atoms with E-state index in [-0.39, 0.29) is 0 Å². The summed E-state index contributed by atoms with van der Waals surface area (Å²) in [6.45, 7) is 15.2. The third kappa shape index (κ3) is 8.54. The number of rotatable bonds is 7. The lowest BCUT2D eigenvalue weighted by Crippen LogP contribution is -2.45. The Morgan fingerprint density at radius 1 is 0.933 bits per heavy atom. The van der Waals surface area contributed by atoms with Crippen LogP contribution in [0.4, 0.5) is 0 Å². The van der Waals surface area contributed by atoms with Gasteiger partial charge in [-0.3, -0.25) is 0 Å². The molecule has 0 saturated heterocycles. The lowest BCUT2D eigenvalue weighted by atomic mass is 11.0. The smallest absolute Gasteiger partial charge is 0.312 e. The molecule has 0 rings (SSSR count). The fourth-order valence-corrected chi connectivity index (χ4v) is 13.8. The summed E-state index contributed by atoms with van der Waals surface area (Å²) < 4.78 is 18.0. The fraction of sp³-hybridized carbons (Fsp3) is 1.00. The molecule has 3 nitrogen and oxygen atoms in total. The first-order chi connectivity index (χ1) is 6.76. The fourth-order valence-electron chi connectivity index (χ4n) is 1.42. The minimum Gasteiger partial charge on any atom is -0.441 e. The number of hydrogen-bond acceptors (Lipinski definition) is 3. The van der Waals surface area contributed by atoms with Crippen molar-refractivity contribution < 1.29 is 12.3 Å². The minimum absolute atomic E-state index is 0.956. The molecule has 0 aromatic heterocycles. The maximum absolute atomic E-state index is 6.11. The molecule has 0 fully saturated rings. The summed E-state index contributed by atoms with van der Waals surface area (Å²) in [4.78, 5) is 0. The summed E-state index contributed by atoms with van der Waals surface area (Å²) in [5, 5.41) is 0. The second-order valence-electron chi connectivity index (χ2n) is 4.71. The standard InChI is InChI=1S/C8H26O3Si4/c1-8-14(9-12(2)3)11-15(6,7)10-13(4)5/h12-14H,8H2,1-7H3. The highest BCUT2D eigenvalue weighted by atomic mass is 28.5. The lowest BCUT2D eigenvalue weighted by molar-refractivity contribution is 0.357. The molecule has 0 spiro atoms. The van der Waals surface area contributed by atoms with Crippen molar-refractivity contribution in [1.82, 2.24) is 0 Å². The molecule has 0 heterocycles. The van der Waals surface area contributed by atoms with Crippen LogP contribution in [0, 0.1) is 0 Å². The van der Waals surface area contributed by atoms with E-state index in [9.17, 15) is 0 Å². The molecule has 1 unspecified atom stereocenters. The van der Waals surface area contributed by atoms with Gasteiger partial charge >= 0.3 is 17.8 Å². The Balaban J connectivity index is 4.14. The van der Waals surface area contributed by atoms with Gasteiger partial charge in [0.25, 0.3) is 0 Å². The third-order valence-corrected chi connectivity index (χ3v) is 13.2. The van der Waals surface area contributed by atoms with Crippen molar-refractivity contribution >= 4 is 35.9 Å². The van der Waals surface area contributed by atoms with Gasteiger partial charge in [-0.25, -0.2) is 0 Å². The largest absolute Gasteiger partial charge is 0.441 e. The van der Waals surface area contributed by atoms with Gasteiger partial charge in [0.15, 0.2) is 18.1 Å². The second-order valence-corrected chi connectivity index (χ2v) is 16.4. The van der Waals surface area contributed by atoms with Crippen LogP contribution < -0.4 is 0 Å². The van der Waals surface area contributed by atoms with Gasteiger partial charge in [0.1, 0.15) is 0 Å². The van der Waals surface area contributed by atoms with E-state index in [2.05, 4.69) is 46.2 Å². The van der Waals surface area contributed by atoms with E-state index < -0.39 is 35.9 Å². The van der Waals surface area contributed by atoms with E-state index in [0.29, 0.717) is 0 Å². The SMILES string of the molecule is CC[SiH](O[SiH](C)C)O[Si](C)(C)O[SiH](C)C. The van der Waals surface area contributed by atoms with Gasteiger partial charge in [-0.15, -0.1) is 0 Å². The van der Waals surface area contributed by atoms with Gasteiger partial charge in [-0.2, -0.15) is 0 Å². The van der Waals surface area contributed by atoms with Crippen LogP contribution >= 0.6 is 0 Å². The average molecular weight is 283 g/mol. The van der Waals surface area contributed by atoms with Gasteiger partial charge in [0, 0.05) is 0 Å². The van der Waals surface area contributed by atoms with E-state index in [0.717, 1.165) is 6.04 Å². The van der Waals surface area contributed by atoms with Crippen LogP contribution in [0.2, 0.25) is 45.3 Å². The van der Waals surface area contributed by atoms with Crippen LogP contribution in [-0.2, 0) is 12.3 Å². The topological polar surface area (TPSA) is 27.7 Å². The van der Waals surface area contributed by atoms with Gasteiger partial charge in [0.05, 0.1) is 0 Å². The summed E-state index contributed by atoms with van der Waals surface area (Å²) >= 11 is 0. The first-order valence-corrected chi connectivity index (χ1v) is 15.9. The summed E-state index contributed by atoms with van der Waals surface area (Å²) in [7, 11) is -5.27. The van der Waals surface area contributed by atoms with Crippen LogP contribution in [0.15, 0.2) is 0 Å². The van der Waals surface area contributed by atoms with Crippen LogP contribution in [-0.4, -0.2) is 35.9 Å². The molecule has 92 valence electrons. The van der Waals surface area contributed by atoms with Gasteiger partial charge in [-0.05, 0) is 45.3 Å². The normalized spacial score (nSPS) is 15.0. The van der Waals surface area contributed by atoms with Crippen molar-refractivity contribution in [3.05, 3.63) is 0 Å². The minimum atomic E-state index is -1.90. The van der Waals surface area contributed by atoms with Gasteiger partial charge in [0.2, 0.25) is 0 Å². The molecule has 1 atom stereocenters. The molecule has 15 heavy (non-hydrogen) atoms. The predicted molar refractivity (Wildman–Crippen MR) is 76.1 cm³/mol. The van der Waals surface area contributed by atoms with Gasteiger partial charge in [-0.1, -0.05) is 6.92 Å². The quantitative estimate of drug-likeness (QED) is 0.668. The van der Waals surface area contributed by atoms with Crippen LogP contribution in [0.3, 0.4) is 0 Å². The monoisotopic (exact) mass is 282 g/mol. The Hall–Kier alpha value is 0.748. The molecule has 0 aliphatic rings. The average Bonchev–Trinajstić information content (AvgIpc) is 1.98. The van der Waals surface area contributed by atoms with Crippen molar-refractivity contribution in [2.75, 3.05) is 0 Å². The molecular formula is C8H26O3Si4. The van der Waals surface area contributed by atoms with E-state index in [4.69, 9.17) is 12.3 Å². The third-order valence-electron chi connectivity index (χ3n) is 1.69. The highest BCUT2D eigenvalue weighted by Crippen LogP contribution is 2.13. The van der Waals surface area contributed by atoms with Crippen LogP contribution in [0.1, 0.15) is 6.92 Å². The summed E-state index contributed by atoms with van der Waals surface area (Å²) in [5.74, 6) is 0. The molecule has 0 aliphatic heterocycles. The first kappa shape index (κ1) is 15.7. The molecule has 7 heteroatoms. The Morgan fingerprint density at radius 2 is 1.47 bits per heavy atom. The number of hydrogen-bond donors (Lipinski definition) is 0. The Morgan fingerprint density at radius 3 is 1.80 bits per heavy atom. The van der Waals surface area contributed by atoms with E-state index >= 15 is 0 Å². The van der Waals surface area contributed by atoms with Crippen molar-refractivity contribution in [2.24, 2.45) is 0 Å². The highest BCUT2D eigenvalue weighted by molar-refractivity contribution is 6.78. The highest BCUT2D eigenvalue weighted by Gasteiger charge is 2.30. The van der Waals surface area contributed by atoms with E-state index in [1.165, 1.54) is 0 Å². The molecule has 0 N–H and O–H groups in total. The second kappa shape index (κ2) is 7.15. The van der Waals surface area contributed by atoms with Crippen molar-refractivity contribution in [1.29, 1.82) is 0 Å². The molecule has 0 radical (unpaired) electrons. The summed E-state index contributed by atoms with van der Waals surface area (Å²) in [6.07, 6.45) is 0. The van der Waals surface area contributed by atoms with E-state index in [1.54, 1.807) is 0 Å². The summed E-state index contributed by atoms with van der Waals surface area (Å²) in [6, 6.07) is 1.05. The predicted octanol–water partition coefficient (Wildman–Crippen LogP) is 1.95. The zero-order valence-corrected chi connectivity index (χ0v) is 15.6. The van der Waals surface area contributed by atoms with Crippen molar-refractivity contribution in [3.63, 3.8) is 0 Å². The Labute approximate surface area is 101 Å². The lowest BCUT2D eigenvalue weighted by Gasteiger charge is -2.30. The van der Waals surface area contributed by atoms with Crippen LogP contribution in [0.5, 0.6) is 0 Å². The van der Waals surface area contributed by atoms with Crippen molar-refractivity contribution in [3.8, 4) is 0 Å². The summed E-state index contributed by atoms with van der Waals surface area (Å²) in [5.41, 5.74) is 0. The van der Waals surface area contributed by atoms with Crippen molar-refractivity contribution in [2.45, 2.75) is 52.2 Å². The zero-order chi connectivity index (χ0) is 12.1. The van der Waals surface area contributed by atoms with Crippen LogP contribution in [0.25, 0.3) is 0 Å².